The summed E-state index contributed by atoms with van der Waals surface area (Å²) in [4.78, 5) is 9.86. The molecule has 0 heterocycles. The second-order valence-corrected chi connectivity index (χ2v) is 2.46. The SMILES string of the molecule is NC/C=N/Nc1ccc([N+](=O)[O-])cc1. The number of rotatable bonds is 4. The smallest absolute Gasteiger partial charge is 0.269 e. The normalized spacial score (nSPS) is 10.4. The van der Waals surface area contributed by atoms with Gasteiger partial charge in [-0.15, -0.1) is 0 Å². The summed E-state index contributed by atoms with van der Waals surface area (Å²) >= 11 is 0. The molecule has 0 radical (unpaired) electrons. The third-order valence-electron chi connectivity index (χ3n) is 1.47. The standard InChI is InChI=1S/C8H10N4O2/c9-5-6-10-11-7-1-3-8(4-2-7)12(13)14/h1-4,6,11H,5,9H2/b10-6+. The Labute approximate surface area is 80.6 Å². The molecule has 0 aliphatic rings. The van der Waals surface area contributed by atoms with Crippen LogP contribution >= 0.6 is 0 Å². The van der Waals surface area contributed by atoms with Crippen molar-refractivity contribution in [3.8, 4) is 0 Å². The molecule has 3 N–H and O–H groups in total. The largest absolute Gasteiger partial charge is 0.326 e. The first kappa shape index (κ1) is 10.1. The molecular weight excluding hydrogens is 184 g/mol. The maximum Gasteiger partial charge on any atom is 0.269 e. The van der Waals surface area contributed by atoms with Crippen LogP contribution in [0.15, 0.2) is 29.4 Å². The van der Waals surface area contributed by atoms with Gasteiger partial charge in [-0.05, 0) is 12.1 Å². The van der Waals surface area contributed by atoms with Crippen molar-refractivity contribution in [3.05, 3.63) is 34.4 Å². The van der Waals surface area contributed by atoms with Gasteiger partial charge in [0.15, 0.2) is 0 Å². The van der Waals surface area contributed by atoms with E-state index in [-0.39, 0.29) is 5.69 Å². The molecule has 0 aliphatic heterocycles. The van der Waals surface area contributed by atoms with E-state index in [0.717, 1.165) is 0 Å². The fraction of sp³-hybridized carbons (Fsp3) is 0.125. The van der Waals surface area contributed by atoms with Crippen molar-refractivity contribution >= 4 is 17.6 Å². The summed E-state index contributed by atoms with van der Waals surface area (Å²) in [5.41, 5.74) is 8.59. The fourth-order valence-electron chi connectivity index (χ4n) is 0.831. The van der Waals surface area contributed by atoms with Crippen molar-refractivity contribution in [1.29, 1.82) is 0 Å². The fourth-order valence-corrected chi connectivity index (χ4v) is 0.831. The van der Waals surface area contributed by atoms with Crippen molar-refractivity contribution in [2.45, 2.75) is 0 Å². The van der Waals surface area contributed by atoms with Gasteiger partial charge in [0.1, 0.15) is 0 Å². The second-order valence-electron chi connectivity index (χ2n) is 2.46. The molecule has 0 aliphatic carbocycles. The van der Waals surface area contributed by atoms with Crippen molar-refractivity contribution in [2.75, 3.05) is 12.0 Å². The minimum atomic E-state index is -0.451. The van der Waals surface area contributed by atoms with E-state index in [4.69, 9.17) is 5.73 Å². The Kier molecular flexibility index (Phi) is 3.57. The van der Waals surface area contributed by atoms with E-state index in [9.17, 15) is 10.1 Å². The highest BCUT2D eigenvalue weighted by atomic mass is 16.6. The van der Waals surface area contributed by atoms with Crippen molar-refractivity contribution in [3.63, 3.8) is 0 Å². The number of nitrogens with two attached hydrogens (primary N) is 1. The molecule has 1 aromatic rings. The Bertz CT molecular complexity index is 334. The first-order chi connectivity index (χ1) is 6.74. The molecule has 0 amide bonds. The number of nitrogens with one attached hydrogen (secondary N) is 1. The van der Waals surface area contributed by atoms with Gasteiger partial charge in [-0.1, -0.05) is 0 Å². The van der Waals surface area contributed by atoms with Gasteiger partial charge in [0.25, 0.3) is 5.69 Å². The number of hydrogen-bond acceptors (Lipinski definition) is 5. The molecule has 1 aromatic carbocycles. The van der Waals surface area contributed by atoms with Gasteiger partial charge in [-0.3, -0.25) is 15.5 Å². The van der Waals surface area contributed by atoms with Gasteiger partial charge in [0.2, 0.25) is 0 Å². The predicted molar refractivity (Wildman–Crippen MR) is 54.3 cm³/mol. The first-order valence-electron chi connectivity index (χ1n) is 3.96. The van der Waals surface area contributed by atoms with Gasteiger partial charge >= 0.3 is 0 Å². The molecule has 6 nitrogen and oxygen atoms in total. The molecule has 0 aromatic heterocycles. The minimum absolute atomic E-state index is 0.0540. The molecule has 1 rings (SSSR count). The summed E-state index contributed by atoms with van der Waals surface area (Å²) in [6, 6.07) is 5.96. The zero-order valence-electron chi connectivity index (χ0n) is 7.38. The lowest BCUT2D eigenvalue weighted by molar-refractivity contribution is -0.384. The predicted octanol–water partition coefficient (Wildman–Crippen LogP) is 0.951. The van der Waals surface area contributed by atoms with E-state index in [2.05, 4.69) is 10.5 Å². The average molecular weight is 194 g/mol. The van der Waals surface area contributed by atoms with Gasteiger partial charge in [-0.25, -0.2) is 0 Å². The van der Waals surface area contributed by atoms with Crippen LogP contribution < -0.4 is 11.2 Å². The lowest BCUT2D eigenvalue weighted by Crippen LogP contribution is -2.01. The van der Waals surface area contributed by atoms with E-state index < -0.39 is 4.92 Å². The van der Waals surface area contributed by atoms with Crippen LogP contribution in [-0.4, -0.2) is 17.7 Å². The molecule has 0 saturated heterocycles. The highest BCUT2D eigenvalue weighted by Crippen LogP contribution is 2.14. The quantitative estimate of drug-likeness (QED) is 0.424. The zero-order chi connectivity index (χ0) is 10.4. The monoisotopic (exact) mass is 194 g/mol. The highest BCUT2D eigenvalue weighted by molar-refractivity contribution is 5.61. The number of hydrogen-bond donors (Lipinski definition) is 2. The lowest BCUT2D eigenvalue weighted by atomic mass is 10.3. The number of nitro groups is 1. The first-order valence-corrected chi connectivity index (χ1v) is 3.96. The van der Waals surface area contributed by atoms with Crippen molar-refractivity contribution < 1.29 is 4.92 Å². The van der Waals surface area contributed by atoms with Crippen LogP contribution in [0.5, 0.6) is 0 Å². The van der Waals surface area contributed by atoms with E-state index in [0.29, 0.717) is 12.2 Å². The molecule has 74 valence electrons. The summed E-state index contributed by atoms with van der Waals surface area (Å²) < 4.78 is 0. The van der Waals surface area contributed by atoms with Gasteiger partial charge < -0.3 is 5.73 Å². The summed E-state index contributed by atoms with van der Waals surface area (Å²) in [6.45, 7) is 0.347. The Morgan fingerprint density at radius 1 is 1.50 bits per heavy atom. The minimum Gasteiger partial charge on any atom is -0.326 e. The summed E-state index contributed by atoms with van der Waals surface area (Å²) in [7, 11) is 0. The topological polar surface area (TPSA) is 93.5 Å². The third kappa shape index (κ3) is 2.83. The van der Waals surface area contributed by atoms with Crippen molar-refractivity contribution in [1.82, 2.24) is 0 Å². The maximum absolute atomic E-state index is 10.3. The molecule has 0 bridgehead atoms. The molecular formula is C8H10N4O2. The highest BCUT2D eigenvalue weighted by Gasteiger charge is 2.02. The Morgan fingerprint density at radius 3 is 2.64 bits per heavy atom. The Hall–Kier alpha value is -1.95. The number of nitrogens with zero attached hydrogens (tertiary/aromatic N) is 2. The molecule has 14 heavy (non-hydrogen) atoms. The Balaban J connectivity index is 2.64. The van der Waals surface area contributed by atoms with Crippen LogP contribution in [-0.2, 0) is 0 Å². The summed E-state index contributed by atoms with van der Waals surface area (Å²) in [5, 5.41) is 14.1. The summed E-state index contributed by atoms with van der Waals surface area (Å²) in [6.07, 6.45) is 1.50. The summed E-state index contributed by atoms with van der Waals surface area (Å²) in [5.74, 6) is 0. The van der Waals surface area contributed by atoms with Gasteiger partial charge in [0, 0.05) is 24.9 Å². The van der Waals surface area contributed by atoms with E-state index in [1.165, 1.54) is 18.3 Å². The van der Waals surface area contributed by atoms with E-state index in [1.54, 1.807) is 12.1 Å². The molecule has 0 unspecified atom stereocenters. The average Bonchev–Trinajstić information content (AvgIpc) is 2.19. The van der Waals surface area contributed by atoms with Crippen LogP contribution in [0, 0.1) is 10.1 Å². The molecule has 0 fully saturated rings. The zero-order valence-corrected chi connectivity index (χ0v) is 7.38. The van der Waals surface area contributed by atoms with Crippen molar-refractivity contribution in [2.24, 2.45) is 10.8 Å². The lowest BCUT2D eigenvalue weighted by Gasteiger charge is -1.98. The molecule has 6 heteroatoms. The Morgan fingerprint density at radius 2 is 2.14 bits per heavy atom. The number of benzene rings is 1. The molecule has 0 atom stereocenters. The van der Waals surface area contributed by atoms with E-state index in [1.807, 2.05) is 0 Å². The molecule has 0 spiro atoms. The third-order valence-corrected chi connectivity index (χ3v) is 1.47. The maximum atomic E-state index is 10.3. The number of anilines is 1. The van der Waals surface area contributed by atoms with Crippen LogP contribution in [0.4, 0.5) is 11.4 Å². The number of non-ortho nitro benzene ring substituents is 1. The second kappa shape index (κ2) is 4.93. The van der Waals surface area contributed by atoms with Crippen LogP contribution in [0.1, 0.15) is 0 Å². The van der Waals surface area contributed by atoms with E-state index >= 15 is 0 Å². The van der Waals surface area contributed by atoms with Crippen LogP contribution in [0.3, 0.4) is 0 Å². The number of nitro benzene ring substituents is 1. The number of hydrazone groups is 1. The van der Waals surface area contributed by atoms with Crippen LogP contribution in [0.2, 0.25) is 0 Å². The molecule has 0 saturated carbocycles. The van der Waals surface area contributed by atoms with Gasteiger partial charge in [-0.2, -0.15) is 5.10 Å². The van der Waals surface area contributed by atoms with Crippen LogP contribution in [0.25, 0.3) is 0 Å². The van der Waals surface area contributed by atoms with Gasteiger partial charge in [0.05, 0.1) is 10.6 Å².